The molecule has 3 heterocycles. The fourth-order valence-electron chi connectivity index (χ4n) is 4.43. The van der Waals surface area contributed by atoms with Crippen molar-refractivity contribution in [3.05, 3.63) is 70.4 Å². The van der Waals surface area contributed by atoms with Crippen LogP contribution in [0.5, 0.6) is 28.7 Å². The molecule has 0 saturated carbocycles. The summed E-state index contributed by atoms with van der Waals surface area (Å²) >= 11 is 0. The van der Waals surface area contributed by atoms with E-state index in [0.29, 0.717) is 51.2 Å². The minimum absolute atomic E-state index is 0.0310. The Labute approximate surface area is 195 Å². The summed E-state index contributed by atoms with van der Waals surface area (Å²) in [7, 11) is 4.57. The lowest BCUT2D eigenvalue weighted by Crippen LogP contribution is -2.22. The monoisotopic (exact) mass is 462 g/mol. The number of aryl methyl sites for hydroxylation is 1. The molecule has 8 nitrogen and oxygen atoms in total. The number of carbonyl (C=O) groups excluding carboxylic acids is 2. The molecule has 1 atom stereocenters. The van der Waals surface area contributed by atoms with E-state index < -0.39 is 11.9 Å². The molecule has 0 aliphatic carbocycles. The number of benzene rings is 2. The molecule has 174 valence electrons. The number of hydrogen-bond acceptors (Lipinski definition) is 8. The van der Waals surface area contributed by atoms with Crippen molar-refractivity contribution in [2.75, 3.05) is 21.3 Å². The maximum Gasteiger partial charge on any atom is 0.312 e. The lowest BCUT2D eigenvalue weighted by molar-refractivity contribution is -0.135. The minimum atomic E-state index is -0.501. The number of ketones is 1. The molecule has 0 N–H and O–H groups in total. The Morgan fingerprint density at radius 2 is 1.71 bits per heavy atom. The Hall–Kier alpha value is -4.20. The van der Waals surface area contributed by atoms with E-state index in [-0.39, 0.29) is 18.0 Å². The van der Waals surface area contributed by atoms with Crippen molar-refractivity contribution < 1.29 is 37.7 Å². The molecule has 5 rings (SSSR count). The third-order valence-electron chi connectivity index (χ3n) is 5.92. The molecule has 0 spiro atoms. The number of fused-ring (bicyclic) bond motifs is 3. The van der Waals surface area contributed by atoms with Crippen molar-refractivity contribution in [3.63, 3.8) is 0 Å². The van der Waals surface area contributed by atoms with E-state index in [1.54, 1.807) is 36.4 Å². The summed E-state index contributed by atoms with van der Waals surface area (Å²) in [4.78, 5) is 25.6. The Morgan fingerprint density at radius 1 is 0.912 bits per heavy atom. The highest BCUT2D eigenvalue weighted by molar-refractivity contribution is 6.15. The summed E-state index contributed by atoms with van der Waals surface area (Å²) < 4.78 is 33.7. The van der Waals surface area contributed by atoms with Gasteiger partial charge in [-0.2, -0.15) is 0 Å². The Morgan fingerprint density at radius 3 is 2.38 bits per heavy atom. The molecular weight excluding hydrogens is 440 g/mol. The molecule has 2 aromatic carbocycles. The van der Waals surface area contributed by atoms with Gasteiger partial charge in [0.1, 0.15) is 23.0 Å². The van der Waals surface area contributed by atoms with E-state index in [9.17, 15) is 9.59 Å². The number of rotatable bonds is 5. The summed E-state index contributed by atoms with van der Waals surface area (Å²) in [5.41, 5.74) is 1.66. The lowest BCUT2D eigenvalue weighted by atomic mass is 9.84. The van der Waals surface area contributed by atoms with E-state index in [1.165, 1.54) is 21.3 Å². The highest BCUT2D eigenvalue weighted by Crippen LogP contribution is 2.53. The van der Waals surface area contributed by atoms with Gasteiger partial charge < -0.3 is 28.1 Å². The molecule has 34 heavy (non-hydrogen) atoms. The first-order valence-corrected chi connectivity index (χ1v) is 10.6. The second-order valence-electron chi connectivity index (χ2n) is 7.90. The standard InChI is InChI=1S/C26H22O8/c1-13-5-6-14(32-13)11-20-23(28)16-8-9-18-22(24(16)34-20)17(12-21(27)33-18)15-7-10-19(29-2)26(31-4)25(15)30-3/h5-11,17H,12H2,1-4H3/b20-11-. The fraction of sp³-hybridized carbons (Fsp3) is 0.231. The van der Waals surface area contributed by atoms with E-state index >= 15 is 0 Å². The molecule has 0 saturated heterocycles. The van der Waals surface area contributed by atoms with Crippen molar-refractivity contribution in [1.82, 2.24) is 0 Å². The quantitative estimate of drug-likeness (QED) is 0.307. The second-order valence-corrected chi connectivity index (χ2v) is 7.90. The highest BCUT2D eigenvalue weighted by Gasteiger charge is 2.40. The largest absolute Gasteiger partial charge is 0.493 e. The topological polar surface area (TPSA) is 93.4 Å². The van der Waals surface area contributed by atoms with Crippen LogP contribution in [0.4, 0.5) is 0 Å². The van der Waals surface area contributed by atoms with Crippen LogP contribution in [0, 0.1) is 6.92 Å². The average Bonchev–Trinajstić information content (AvgIpc) is 3.39. The summed E-state index contributed by atoms with van der Waals surface area (Å²) in [5.74, 6) is 2.19. The van der Waals surface area contributed by atoms with Crippen molar-refractivity contribution in [3.8, 4) is 28.7 Å². The Bertz CT molecular complexity index is 1350. The first-order valence-electron chi connectivity index (χ1n) is 10.6. The van der Waals surface area contributed by atoms with Crippen molar-refractivity contribution in [2.24, 2.45) is 0 Å². The number of carbonyl (C=O) groups is 2. The third-order valence-corrected chi connectivity index (χ3v) is 5.92. The number of methoxy groups -OCH3 is 3. The van der Waals surface area contributed by atoms with Gasteiger partial charge in [0.05, 0.1) is 33.3 Å². The van der Waals surface area contributed by atoms with Gasteiger partial charge in [-0.3, -0.25) is 9.59 Å². The first kappa shape index (κ1) is 21.6. The average molecular weight is 462 g/mol. The zero-order valence-corrected chi connectivity index (χ0v) is 19.1. The molecule has 3 aromatic rings. The van der Waals surface area contributed by atoms with Crippen LogP contribution in [0.15, 0.2) is 46.6 Å². The molecule has 8 heteroatoms. The van der Waals surface area contributed by atoms with Gasteiger partial charge >= 0.3 is 5.97 Å². The van der Waals surface area contributed by atoms with Gasteiger partial charge in [-0.15, -0.1) is 0 Å². The number of ether oxygens (including phenoxy) is 5. The van der Waals surface area contributed by atoms with E-state index in [1.807, 2.05) is 13.0 Å². The summed E-state index contributed by atoms with van der Waals surface area (Å²) in [6.45, 7) is 1.82. The molecule has 1 aromatic heterocycles. The molecule has 1 unspecified atom stereocenters. The van der Waals surface area contributed by atoms with Crippen LogP contribution in [0.25, 0.3) is 6.08 Å². The molecule has 0 radical (unpaired) electrons. The van der Waals surface area contributed by atoms with Crippen LogP contribution >= 0.6 is 0 Å². The number of Topliss-reactive ketones (excluding diaryl/α,β-unsaturated/α-hetero) is 1. The van der Waals surface area contributed by atoms with E-state index in [4.69, 9.17) is 28.1 Å². The first-order chi connectivity index (χ1) is 16.4. The second kappa shape index (κ2) is 8.30. The number of esters is 1. The van der Waals surface area contributed by atoms with Gasteiger partial charge in [0, 0.05) is 23.1 Å². The van der Waals surface area contributed by atoms with Crippen LogP contribution in [0.3, 0.4) is 0 Å². The molecule has 0 amide bonds. The SMILES string of the molecule is COc1ccc(C2CC(=O)Oc3ccc4c(c32)O/C(=C\c2ccc(C)o2)C4=O)c(OC)c1OC. The normalized spacial score (nSPS) is 17.6. The van der Waals surface area contributed by atoms with Gasteiger partial charge in [-0.25, -0.2) is 0 Å². The predicted molar refractivity (Wildman–Crippen MR) is 121 cm³/mol. The van der Waals surface area contributed by atoms with Crippen LogP contribution in [-0.2, 0) is 4.79 Å². The zero-order valence-electron chi connectivity index (χ0n) is 19.1. The maximum absolute atomic E-state index is 13.1. The van der Waals surface area contributed by atoms with Crippen LogP contribution < -0.4 is 23.7 Å². The molecule has 2 aliphatic heterocycles. The zero-order chi connectivity index (χ0) is 24.0. The number of allylic oxidation sites excluding steroid dienone is 1. The van der Waals surface area contributed by atoms with E-state index in [2.05, 4.69) is 0 Å². The van der Waals surface area contributed by atoms with Crippen LogP contribution in [-0.4, -0.2) is 33.1 Å². The third kappa shape index (κ3) is 3.39. The van der Waals surface area contributed by atoms with Gasteiger partial charge in [0.15, 0.2) is 17.3 Å². The predicted octanol–water partition coefficient (Wildman–Crippen LogP) is 4.67. The van der Waals surface area contributed by atoms with Gasteiger partial charge in [0.25, 0.3) is 0 Å². The van der Waals surface area contributed by atoms with Gasteiger partial charge in [-0.05, 0) is 37.3 Å². The summed E-state index contributed by atoms with van der Waals surface area (Å²) in [6, 6.07) is 10.3. The highest BCUT2D eigenvalue weighted by atomic mass is 16.5. The van der Waals surface area contributed by atoms with Gasteiger partial charge in [-0.1, -0.05) is 6.07 Å². The summed E-state index contributed by atoms with van der Waals surface area (Å²) in [6.07, 6.45) is 1.59. The Balaban J connectivity index is 1.66. The summed E-state index contributed by atoms with van der Waals surface area (Å²) in [5, 5.41) is 0. The number of hydrogen-bond donors (Lipinski definition) is 0. The molecule has 2 aliphatic rings. The minimum Gasteiger partial charge on any atom is -0.493 e. The van der Waals surface area contributed by atoms with Crippen molar-refractivity contribution in [2.45, 2.75) is 19.3 Å². The van der Waals surface area contributed by atoms with Crippen molar-refractivity contribution >= 4 is 17.8 Å². The fourth-order valence-corrected chi connectivity index (χ4v) is 4.43. The van der Waals surface area contributed by atoms with Crippen molar-refractivity contribution in [1.29, 1.82) is 0 Å². The van der Waals surface area contributed by atoms with Gasteiger partial charge in [0.2, 0.25) is 11.5 Å². The number of furan rings is 1. The smallest absolute Gasteiger partial charge is 0.312 e. The Kier molecular flexibility index (Phi) is 5.28. The van der Waals surface area contributed by atoms with Crippen LogP contribution in [0.2, 0.25) is 0 Å². The van der Waals surface area contributed by atoms with E-state index in [0.717, 1.165) is 5.76 Å². The van der Waals surface area contributed by atoms with Crippen LogP contribution in [0.1, 0.15) is 45.3 Å². The lowest BCUT2D eigenvalue weighted by Gasteiger charge is -2.28. The maximum atomic E-state index is 13.1. The molecular formula is C26H22O8. The molecule has 0 bridgehead atoms. The molecule has 0 fully saturated rings.